The van der Waals surface area contributed by atoms with Gasteiger partial charge in [-0.3, -0.25) is 0 Å². The summed E-state index contributed by atoms with van der Waals surface area (Å²) in [5, 5.41) is 13.1. The predicted molar refractivity (Wildman–Crippen MR) is 80.5 cm³/mol. The van der Waals surface area contributed by atoms with Crippen LogP contribution in [0.1, 0.15) is 11.5 Å². The van der Waals surface area contributed by atoms with Crippen LogP contribution in [0.3, 0.4) is 0 Å². The van der Waals surface area contributed by atoms with Crippen LogP contribution in [0.15, 0.2) is 22.3 Å². The van der Waals surface area contributed by atoms with Gasteiger partial charge in [0.25, 0.3) is 0 Å². The van der Waals surface area contributed by atoms with Crippen LogP contribution in [0.25, 0.3) is 4.85 Å². The van der Waals surface area contributed by atoms with Crippen molar-refractivity contribution in [2.24, 2.45) is 10.2 Å². The molecule has 0 N–H and O–H groups in total. The van der Waals surface area contributed by atoms with Gasteiger partial charge in [-0.25, -0.2) is 14.9 Å². The smallest absolute Gasteiger partial charge is 0.191 e. The quantitative estimate of drug-likeness (QED) is 0.673. The van der Waals surface area contributed by atoms with Gasteiger partial charge in [-0.1, -0.05) is 0 Å². The molecule has 0 fully saturated rings. The summed E-state index contributed by atoms with van der Waals surface area (Å²) in [7, 11) is 4.10. The highest BCUT2D eigenvalue weighted by Crippen LogP contribution is 2.57. The summed E-state index contributed by atoms with van der Waals surface area (Å²) in [6.07, 6.45) is 4.05. The van der Waals surface area contributed by atoms with Gasteiger partial charge in [-0.2, -0.15) is 10.2 Å². The third-order valence-corrected chi connectivity index (χ3v) is 4.77. The lowest BCUT2D eigenvalue weighted by Crippen LogP contribution is -2.48. The number of nitrogens with zero attached hydrogens (tertiary/aromatic N) is 7. The van der Waals surface area contributed by atoms with E-state index < -0.39 is 0 Å². The van der Waals surface area contributed by atoms with Gasteiger partial charge in [-0.05, 0) is 12.1 Å². The van der Waals surface area contributed by atoms with Gasteiger partial charge in [0, 0.05) is 19.7 Å². The number of hydrazone groups is 2. The van der Waals surface area contributed by atoms with Crippen molar-refractivity contribution in [3.05, 3.63) is 29.1 Å². The molecule has 0 radical (unpaired) electrons. The zero-order valence-electron chi connectivity index (χ0n) is 11.7. The fourth-order valence-corrected chi connectivity index (χ4v) is 3.96. The van der Waals surface area contributed by atoms with Crippen LogP contribution >= 0.6 is 0 Å². The Kier molecular flexibility index (Phi) is 1.71. The minimum atomic E-state index is 0.166. The zero-order valence-corrected chi connectivity index (χ0v) is 11.7. The SMILES string of the molecule is [C-]#[N+]c1cc2c3c(c1)N1N=CN(C)C1C3C1N(C)C=NN21. The number of anilines is 2. The van der Waals surface area contributed by atoms with Gasteiger partial charge in [0.1, 0.15) is 25.0 Å². The van der Waals surface area contributed by atoms with Crippen molar-refractivity contribution in [2.45, 2.75) is 18.2 Å². The maximum absolute atomic E-state index is 7.34. The summed E-state index contributed by atoms with van der Waals surface area (Å²) in [4.78, 5) is 7.89. The van der Waals surface area contributed by atoms with Crippen molar-refractivity contribution in [2.75, 3.05) is 24.1 Å². The average molecular weight is 279 g/mol. The molecule has 2 atom stereocenters. The number of hydrogen-bond donors (Lipinski definition) is 0. The normalized spacial score (nSPS) is 30.0. The van der Waals surface area contributed by atoms with Gasteiger partial charge < -0.3 is 9.80 Å². The van der Waals surface area contributed by atoms with E-state index in [-0.39, 0.29) is 18.2 Å². The second-order valence-electron chi connectivity index (χ2n) is 5.84. The molecule has 104 valence electrons. The van der Waals surface area contributed by atoms with Gasteiger partial charge in [0.2, 0.25) is 0 Å². The molecular weight excluding hydrogens is 266 g/mol. The molecule has 4 heterocycles. The fourth-order valence-electron chi connectivity index (χ4n) is 3.96. The largest absolute Gasteiger partial charge is 0.342 e. The second kappa shape index (κ2) is 3.28. The van der Waals surface area contributed by atoms with E-state index in [1.54, 1.807) is 0 Å². The molecule has 0 saturated carbocycles. The summed E-state index contributed by atoms with van der Waals surface area (Å²) in [6.45, 7) is 7.34. The molecule has 1 aromatic carbocycles. The molecule has 0 aromatic heterocycles. The van der Waals surface area contributed by atoms with Gasteiger partial charge >= 0.3 is 0 Å². The van der Waals surface area contributed by atoms with Crippen molar-refractivity contribution in [1.82, 2.24) is 9.80 Å². The summed E-state index contributed by atoms with van der Waals surface area (Å²) in [5.41, 5.74) is 4.00. The van der Waals surface area contributed by atoms with Crippen LogP contribution in [0.5, 0.6) is 0 Å². The topological polar surface area (TPSA) is 42.0 Å². The number of fused-ring (bicyclic) bond motifs is 6. The molecule has 0 amide bonds. The molecule has 2 unspecified atom stereocenters. The van der Waals surface area contributed by atoms with E-state index in [4.69, 9.17) is 6.57 Å². The number of rotatable bonds is 0. The molecule has 4 aliphatic heterocycles. The summed E-state index contributed by atoms with van der Waals surface area (Å²) >= 11 is 0. The van der Waals surface area contributed by atoms with Crippen LogP contribution in [0, 0.1) is 6.57 Å². The number of likely N-dealkylation sites (N-methyl/N-ethyl adjacent to an activating group) is 2. The van der Waals surface area contributed by atoms with E-state index >= 15 is 0 Å². The summed E-state index contributed by atoms with van der Waals surface area (Å²) in [5.74, 6) is 0.287. The second-order valence-corrected chi connectivity index (χ2v) is 5.84. The number of hydrogen-bond acceptors (Lipinski definition) is 6. The van der Waals surface area contributed by atoms with Crippen molar-refractivity contribution < 1.29 is 0 Å². The predicted octanol–water partition coefficient (Wildman–Crippen LogP) is 1.39. The highest BCUT2D eigenvalue weighted by molar-refractivity contribution is 5.86. The molecule has 1 aromatic rings. The zero-order chi connectivity index (χ0) is 14.3. The summed E-state index contributed by atoms with van der Waals surface area (Å²) in [6, 6.07) is 3.89. The molecule has 4 aliphatic rings. The molecule has 0 aliphatic carbocycles. The van der Waals surface area contributed by atoms with Gasteiger partial charge in [0.05, 0.1) is 23.9 Å². The first kappa shape index (κ1) is 11.0. The van der Waals surface area contributed by atoms with Crippen LogP contribution in [0.2, 0.25) is 0 Å². The minimum Gasteiger partial charge on any atom is -0.342 e. The van der Waals surface area contributed by atoms with Crippen molar-refractivity contribution in [1.29, 1.82) is 0 Å². The van der Waals surface area contributed by atoms with Crippen molar-refractivity contribution in [3.8, 4) is 0 Å². The fraction of sp³-hybridized carbons (Fsp3) is 0.357. The van der Waals surface area contributed by atoms with E-state index in [0.29, 0.717) is 5.69 Å². The molecule has 7 heteroatoms. The molecule has 0 saturated heterocycles. The third kappa shape index (κ3) is 1.07. The maximum atomic E-state index is 7.34. The van der Waals surface area contributed by atoms with E-state index in [9.17, 15) is 0 Å². The highest BCUT2D eigenvalue weighted by atomic mass is 15.7. The minimum absolute atomic E-state index is 0.166. The van der Waals surface area contributed by atoms with Gasteiger partial charge in [0.15, 0.2) is 5.69 Å². The van der Waals surface area contributed by atoms with E-state index in [1.807, 2.05) is 48.9 Å². The Labute approximate surface area is 122 Å². The highest BCUT2D eigenvalue weighted by Gasteiger charge is 2.56. The molecule has 5 rings (SSSR count). The lowest BCUT2D eigenvalue weighted by molar-refractivity contribution is 0.263. The Morgan fingerprint density at radius 2 is 1.52 bits per heavy atom. The Morgan fingerprint density at radius 1 is 1.00 bits per heavy atom. The van der Waals surface area contributed by atoms with Crippen molar-refractivity contribution >= 4 is 29.7 Å². The first-order valence-electron chi connectivity index (χ1n) is 6.86. The van der Waals surface area contributed by atoms with Crippen molar-refractivity contribution in [3.63, 3.8) is 0 Å². The Hall–Kier alpha value is -2.75. The Balaban J connectivity index is 1.80. The lowest BCUT2D eigenvalue weighted by Gasteiger charge is -2.33. The monoisotopic (exact) mass is 279 g/mol. The van der Waals surface area contributed by atoms with Crippen LogP contribution in [-0.2, 0) is 0 Å². The van der Waals surface area contributed by atoms with E-state index in [1.165, 1.54) is 5.56 Å². The maximum Gasteiger partial charge on any atom is 0.191 e. The first-order valence-corrected chi connectivity index (χ1v) is 6.86. The standard InChI is InChI=1S/C14H13N7/c1-15-8-4-9-11-10(5-8)21-14(19(3)7-17-21)12(11)13-18(2)6-16-20(9)13/h4-7,12-14H,2-3H3. The average Bonchev–Trinajstić information content (AvgIpc) is 3.18. The third-order valence-electron chi connectivity index (χ3n) is 4.77. The van der Waals surface area contributed by atoms with Crippen LogP contribution in [-0.4, -0.2) is 48.9 Å². The van der Waals surface area contributed by atoms with E-state index in [0.717, 1.165) is 11.4 Å². The lowest BCUT2D eigenvalue weighted by atomic mass is 9.97. The Morgan fingerprint density at radius 3 is 2.00 bits per heavy atom. The van der Waals surface area contributed by atoms with Crippen LogP contribution in [0.4, 0.5) is 17.1 Å². The number of benzene rings is 1. The molecule has 0 spiro atoms. The first-order chi connectivity index (χ1) is 10.2. The molecular formula is C14H13N7. The van der Waals surface area contributed by atoms with Gasteiger partial charge in [-0.15, -0.1) is 0 Å². The van der Waals surface area contributed by atoms with E-state index in [2.05, 4.69) is 24.8 Å². The molecule has 0 bridgehead atoms. The Bertz CT molecular complexity index is 708. The molecule has 7 nitrogen and oxygen atoms in total. The molecule has 21 heavy (non-hydrogen) atoms. The summed E-state index contributed by atoms with van der Waals surface area (Å²) < 4.78 is 0. The van der Waals surface area contributed by atoms with Crippen LogP contribution < -0.4 is 10.0 Å².